The van der Waals surface area contributed by atoms with E-state index in [4.69, 9.17) is 9.47 Å². The molecule has 2 aromatic carbocycles. The maximum atomic E-state index is 12.1. The van der Waals surface area contributed by atoms with E-state index in [2.05, 4.69) is 18.7 Å². The second kappa shape index (κ2) is 6.29. The molecule has 0 spiro atoms. The van der Waals surface area contributed by atoms with Crippen LogP contribution in [0.3, 0.4) is 0 Å². The lowest BCUT2D eigenvalue weighted by molar-refractivity contribution is -0.130. The molecule has 0 unspecified atom stereocenters. The maximum absolute atomic E-state index is 12.1. The van der Waals surface area contributed by atoms with Crippen molar-refractivity contribution >= 4 is 16.7 Å². The highest BCUT2D eigenvalue weighted by Crippen LogP contribution is 2.43. The van der Waals surface area contributed by atoms with Crippen LogP contribution in [0.15, 0.2) is 48.6 Å². The highest BCUT2D eigenvalue weighted by atomic mass is 16.5. The standard InChI is InChI=1S/C20H20O3/c1-4-22-18-14-9-5-7-11-16(14)19(23-20(21)13(2)3)17-12-8-6-10-15(17)18/h5-9,11H,2,4,10,12H2,1,3H3. The molecule has 3 heteroatoms. The Balaban J connectivity index is 2.28. The van der Waals surface area contributed by atoms with Crippen molar-refractivity contribution in [2.75, 3.05) is 6.61 Å². The molecule has 0 N–H and O–H groups in total. The SMILES string of the molecule is C=C(C)C(=O)Oc1c2c(c(OCC)c3ccccc13)CC=CC2. The van der Waals surface area contributed by atoms with E-state index in [1.54, 1.807) is 6.92 Å². The molecule has 0 saturated carbocycles. The van der Waals surface area contributed by atoms with E-state index >= 15 is 0 Å². The molecule has 1 aliphatic rings. The second-order valence-electron chi connectivity index (χ2n) is 5.64. The molecule has 0 radical (unpaired) electrons. The Morgan fingerprint density at radius 1 is 1.09 bits per heavy atom. The number of carbonyl (C=O) groups is 1. The third-order valence-electron chi connectivity index (χ3n) is 3.97. The summed E-state index contributed by atoms with van der Waals surface area (Å²) in [5.74, 6) is 1.14. The van der Waals surface area contributed by atoms with Gasteiger partial charge in [0.05, 0.1) is 6.61 Å². The maximum Gasteiger partial charge on any atom is 0.338 e. The van der Waals surface area contributed by atoms with Gasteiger partial charge in [-0.15, -0.1) is 0 Å². The first kappa shape index (κ1) is 15.3. The Hall–Kier alpha value is -2.55. The van der Waals surface area contributed by atoms with Crippen molar-refractivity contribution in [1.82, 2.24) is 0 Å². The van der Waals surface area contributed by atoms with Gasteiger partial charge in [0.25, 0.3) is 0 Å². The summed E-state index contributed by atoms with van der Waals surface area (Å²) in [7, 11) is 0. The van der Waals surface area contributed by atoms with Crippen molar-refractivity contribution in [2.45, 2.75) is 26.7 Å². The minimum Gasteiger partial charge on any atom is -0.493 e. The van der Waals surface area contributed by atoms with Gasteiger partial charge in [-0.1, -0.05) is 43.0 Å². The van der Waals surface area contributed by atoms with E-state index in [1.165, 1.54) is 0 Å². The number of esters is 1. The molecular weight excluding hydrogens is 288 g/mol. The number of fused-ring (bicyclic) bond motifs is 2. The van der Waals surface area contributed by atoms with Crippen molar-refractivity contribution < 1.29 is 14.3 Å². The molecule has 0 atom stereocenters. The summed E-state index contributed by atoms with van der Waals surface area (Å²) >= 11 is 0. The number of allylic oxidation sites excluding steroid dienone is 2. The Labute approximate surface area is 136 Å². The minimum absolute atomic E-state index is 0.392. The molecule has 0 bridgehead atoms. The quantitative estimate of drug-likeness (QED) is 0.364. The number of hydrogen-bond acceptors (Lipinski definition) is 3. The third-order valence-corrected chi connectivity index (χ3v) is 3.97. The fraction of sp³-hybridized carbons (Fsp3) is 0.250. The number of ether oxygens (including phenoxy) is 2. The first-order valence-electron chi connectivity index (χ1n) is 7.85. The summed E-state index contributed by atoms with van der Waals surface area (Å²) in [5.41, 5.74) is 2.53. The highest BCUT2D eigenvalue weighted by molar-refractivity contribution is 5.99. The molecule has 1 aliphatic carbocycles. The van der Waals surface area contributed by atoms with Crippen LogP contribution in [0.2, 0.25) is 0 Å². The van der Waals surface area contributed by atoms with Crippen LogP contribution >= 0.6 is 0 Å². The average Bonchev–Trinajstić information content (AvgIpc) is 2.57. The summed E-state index contributed by atoms with van der Waals surface area (Å²) in [6, 6.07) is 7.90. The van der Waals surface area contributed by atoms with Gasteiger partial charge >= 0.3 is 5.97 Å². The van der Waals surface area contributed by atoms with E-state index < -0.39 is 5.97 Å². The van der Waals surface area contributed by atoms with E-state index in [0.717, 1.165) is 40.5 Å². The van der Waals surface area contributed by atoms with E-state index in [1.807, 2.05) is 31.2 Å². The van der Waals surface area contributed by atoms with Gasteiger partial charge in [-0.2, -0.15) is 0 Å². The van der Waals surface area contributed by atoms with Crippen molar-refractivity contribution in [3.63, 3.8) is 0 Å². The smallest absolute Gasteiger partial charge is 0.338 e. The zero-order valence-electron chi connectivity index (χ0n) is 13.5. The monoisotopic (exact) mass is 308 g/mol. The van der Waals surface area contributed by atoms with E-state index in [9.17, 15) is 4.79 Å². The Morgan fingerprint density at radius 3 is 2.22 bits per heavy atom. The van der Waals surface area contributed by atoms with Gasteiger partial charge in [-0.3, -0.25) is 0 Å². The lowest BCUT2D eigenvalue weighted by Crippen LogP contribution is -2.13. The summed E-state index contributed by atoms with van der Waals surface area (Å²) in [6.07, 6.45) is 5.75. The van der Waals surface area contributed by atoms with Crippen LogP contribution in [0.1, 0.15) is 25.0 Å². The summed E-state index contributed by atoms with van der Waals surface area (Å²) < 4.78 is 11.6. The molecule has 23 heavy (non-hydrogen) atoms. The van der Waals surface area contributed by atoms with Crippen LogP contribution in [-0.4, -0.2) is 12.6 Å². The Morgan fingerprint density at radius 2 is 1.65 bits per heavy atom. The number of benzene rings is 2. The molecular formula is C20H20O3. The molecule has 0 saturated heterocycles. The summed E-state index contributed by atoms with van der Waals surface area (Å²) in [6.45, 7) is 7.92. The first-order valence-corrected chi connectivity index (χ1v) is 7.85. The van der Waals surface area contributed by atoms with Gasteiger partial charge in [-0.05, 0) is 26.7 Å². The summed E-state index contributed by atoms with van der Waals surface area (Å²) in [4.78, 5) is 12.1. The topological polar surface area (TPSA) is 35.5 Å². The average molecular weight is 308 g/mol. The fourth-order valence-electron chi connectivity index (χ4n) is 2.92. The van der Waals surface area contributed by atoms with Gasteiger partial charge in [0.2, 0.25) is 0 Å². The lowest BCUT2D eigenvalue weighted by Gasteiger charge is -2.22. The molecule has 0 aliphatic heterocycles. The van der Waals surface area contributed by atoms with E-state index in [0.29, 0.717) is 17.9 Å². The van der Waals surface area contributed by atoms with Crippen molar-refractivity contribution in [2.24, 2.45) is 0 Å². The molecule has 3 rings (SSSR count). The fourth-order valence-corrected chi connectivity index (χ4v) is 2.92. The lowest BCUT2D eigenvalue weighted by atomic mass is 9.90. The number of hydrogen-bond donors (Lipinski definition) is 0. The zero-order chi connectivity index (χ0) is 16.4. The molecule has 0 aromatic heterocycles. The minimum atomic E-state index is -0.393. The van der Waals surface area contributed by atoms with Gasteiger partial charge in [-0.25, -0.2) is 4.79 Å². The highest BCUT2D eigenvalue weighted by Gasteiger charge is 2.23. The summed E-state index contributed by atoms with van der Waals surface area (Å²) in [5, 5.41) is 1.88. The Kier molecular flexibility index (Phi) is 4.20. The molecule has 118 valence electrons. The number of carbonyl (C=O) groups excluding carboxylic acids is 1. The number of rotatable bonds is 4. The van der Waals surface area contributed by atoms with Gasteiger partial charge in [0.15, 0.2) is 0 Å². The van der Waals surface area contributed by atoms with Crippen molar-refractivity contribution in [1.29, 1.82) is 0 Å². The van der Waals surface area contributed by atoms with Crippen molar-refractivity contribution in [3.8, 4) is 11.5 Å². The van der Waals surface area contributed by atoms with Crippen LogP contribution < -0.4 is 9.47 Å². The molecule has 0 amide bonds. The van der Waals surface area contributed by atoms with Gasteiger partial charge in [0.1, 0.15) is 11.5 Å². The first-order chi connectivity index (χ1) is 11.1. The van der Waals surface area contributed by atoms with Crippen LogP contribution in [0.5, 0.6) is 11.5 Å². The van der Waals surface area contributed by atoms with Crippen molar-refractivity contribution in [3.05, 3.63) is 59.7 Å². The predicted molar refractivity (Wildman–Crippen MR) is 92.1 cm³/mol. The van der Waals surface area contributed by atoms with E-state index in [-0.39, 0.29) is 0 Å². The third kappa shape index (κ3) is 2.74. The van der Waals surface area contributed by atoms with Crippen LogP contribution in [0, 0.1) is 0 Å². The molecule has 0 heterocycles. The predicted octanol–water partition coefficient (Wildman–Crippen LogP) is 4.37. The molecule has 2 aromatic rings. The van der Waals surface area contributed by atoms with Crippen LogP contribution in [0.25, 0.3) is 10.8 Å². The van der Waals surface area contributed by atoms with Gasteiger partial charge < -0.3 is 9.47 Å². The normalized spacial score (nSPS) is 12.8. The van der Waals surface area contributed by atoms with Crippen LogP contribution in [0.4, 0.5) is 0 Å². The largest absolute Gasteiger partial charge is 0.493 e. The van der Waals surface area contributed by atoms with Crippen LogP contribution in [-0.2, 0) is 17.6 Å². The zero-order valence-corrected chi connectivity index (χ0v) is 13.5. The molecule has 3 nitrogen and oxygen atoms in total. The second-order valence-corrected chi connectivity index (χ2v) is 5.64. The van der Waals surface area contributed by atoms with Gasteiger partial charge in [0, 0.05) is 27.5 Å². The Bertz CT molecular complexity index is 815. The molecule has 0 fully saturated rings.